The van der Waals surface area contributed by atoms with Gasteiger partial charge in [0.2, 0.25) is 5.91 Å². The number of rotatable bonds is 4. The van der Waals surface area contributed by atoms with Crippen molar-refractivity contribution in [1.29, 1.82) is 0 Å². The highest BCUT2D eigenvalue weighted by Gasteiger charge is 2.30. The minimum Gasteiger partial charge on any atom is -0.481 e. The molecule has 1 aromatic heterocycles. The van der Waals surface area contributed by atoms with Crippen molar-refractivity contribution in [1.82, 2.24) is 4.98 Å². The quantitative estimate of drug-likeness (QED) is 0.896. The fraction of sp³-hybridized carbons (Fsp3) is 0.267. The number of carboxylic acid groups (broad SMARTS) is 1. The molecule has 0 aliphatic rings. The zero-order valence-electron chi connectivity index (χ0n) is 11.4. The first kappa shape index (κ1) is 14.0. The lowest BCUT2D eigenvalue weighted by Crippen LogP contribution is -2.29. The molecule has 0 aliphatic carbocycles. The van der Waals surface area contributed by atoms with Crippen LogP contribution in [0.5, 0.6) is 0 Å². The van der Waals surface area contributed by atoms with E-state index in [1.54, 1.807) is 12.3 Å². The molecule has 0 fully saturated rings. The number of hydrogen-bond acceptors (Lipinski definition) is 3. The molecular weight excluding hydrogens is 256 g/mol. The second-order valence-corrected chi connectivity index (χ2v) is 5.29. The zero-order valence-corrected chi connectivity index (χ0v) is 11.4. The molecule has 5 heteroatoms. The van der Waals surface area contributed by atoms with Crippen LogP contribution in [0.15, 0.2) is 36.5 Å². The molecule has 0 bridgehead atoms. The van der Waals surface area contributed by atoms with Gasteiger partial charge < -0.3 is 10.4 Å². The lowest BCUT2D eigenvalue weighted by atomic mass is 9.89. The summed E-state index contributed by atoms with van der Waals surface area (Å²) < 4.78 is 0. The molecule has 1 aromatic carbocycles. The van der Waals surface area contributed by atoms with Crippen LogP contribution in [0.3, 0.4) is 0 Å². The standard InChI is InChI=1S/C15H16N2O3/c1-15(2,14(19)20)9-12(18)17-11-7-3-5-10-6-4-8-16-13(10)11/h3-8H,9H2,1-2H3,(H,17,18)(H,19,20). The molecule has 0 saturated carbocycles. The van der Waals surface area contributed by atoms with Crippen LogP contribution in [0.4, 0.5) is 5.69 Å². The molecular formula is C15H16N2O3. The number of fused-ring (bicyclic) bond motifs is 1. The maximum Gasteiger partial charge on any atom is 0.309 e. The molecule has 104 valence electrons. The molecule has 2 N–H and O–H groups in total. The van der Waals surface area contributed by atoms with Crippen LogP contribution < -0.4 is 5.32 Å². The van der Waals surface area contributed by atoms with Gasteiger partial charge in [-0.3, -0.25) is 14.6 Å². The Bertz CT molecular complexity index is 660. The zero-order chi connectivity index (χ0) is 14.8. The van der Waals surface area contributed by atoms with Gasteiger partial charge in [0.1, 0.15) is 0 Å². The second kappa shape index (κ2) is 5.28. The van der Waals surface area contributed by atoms with E-state index in [2.05, 4.69) is 10.3 Å². The highest BCUT2D eigenvalue weighted by atomic mass is 16.4. The summed E-state index contributed by atoms with van der Waals surface area (Å²) in [5, 5.41) is 12.7. The van der Waals surface area contributed by atoms with Crippen LogP contribution in [0, 0.1) is 5.41 Å². The molecule has 2 aromatic rings. The average Bonchev–Trinajstić information content (AvgIpc) is 2.38. The Kier molecular flexibility index (Phi) is 3.70. The number of carboxylic acids is 1. The molecule has 1 heterocycles. The van der Waals surface area contributed by atoms with Crippen molar-refractivity contribution in [2.75, 3.05) is 5.32 Å². The topological polar surface area (TPSA) is 79.3 Å². The first-order chi connectivity index (χ1) is 9.40. The highest BCUT2D eigenvalue weighted by Crippen LogP contribution is 2.24. The van der Waals surface area contributed by atoms with Crippen LogP contribution >= 0.6 is 0 Å². The number of anilines is 1. The Morgan fingerprint density at radius 1 is 1.25 bits per heavy atom. The minimum atomic E-state index is -1.10. The Labute approximate surface area is 116 Å². The van der Waals surface area contributed by atoms with Gasteiger partial charge in [0, 0.05) is 18.0 Å². The fourth-order valence-electron chi connectivity index (χ4n) is 1.88. The maximum absolute atomic E-state index is 12.0. The second-order valence-electron chi connectivity index (χ2n) is 5.29. The number of carbonyl (C=O) groups is 2. The van der Waals surface area contributed by atoms with Gasteiger partial charge in [-0.2, -0.15) is 0 Å². The van der Waals surface area contributed by atoms with Crippen molar-refractivity contribution in [3.05, 3.63) is 36.5 Å². The Morgan fingerprint density at radius 3 is 2.65 bits per heavy atom. The van der Waals surface area contributed by atoms with Gasteiger partial charge in [0.05, 0.1) is 16.6 Å². The maximum atomic E-state index is 12.0. The summed E-state index contributed by atoms with van der Waals surface area (Å²) in [6.07, 6.45) is 1.56. The van der Waals surface area contributed by atoms with E-state index in [1.807, 2.05) is 24.3 Å². The lowest BCUT2D eigenvalue weighted by molar-refractivity contribution is -0.148. The number of amides is 1. The van der Waals surface area contributed by atoms with Crippen molar-refractivity contribution < 1.29 is 14.7 Å². The van der Waals surface area contributed by atoms with Crippen LogP contribution in [0.1, 0.15) is 20.3 Å². The summed E-state index contributed by atoms with van der Waals surface area (Å²) >= 11 is 0. The number of benzene rings is 1. The number of nitrogens with one attached hydrogen (secondary N) is 1. The summed E-state index contributed by atoms with van der Waals surface area (Å²) in [6, 6.07) is 9.20. The van der Waals surface area contributed by atoms with Gasteiger partial charge in [-0.25, -0.2) is 0 Å². The number of pyridine rings is 1. The van der Waals surface area contributed by atoms with Crippen LogP contribution in [-0.2, 0) is 9.59 Å². The predicted molar refractivity (Wildman–Crippen MR) is 76.4 cm³/mol. The van der Waals surface area contributed by atoms with E-state index in [1.165, 1.54) is 13.8 Å². The number of nitrogens with zero attached hydrogens (tertiary/aromatic N) is 1. The Morgan fingerprint density at radius 2 is 1.95 bits per heavy atom. The monoisotopic (exact) mass is 272 g/mol. The Hall–Kier alpha value is -2.43. The molecule has 0 atom stereocenters. The molecule has 0 aliphatic heterocycles. The molecule has 2 rings (SSSR count). The van der Waals surface area contributed by atoms with Crippen LogP contribution in [-0.4, -0.2) is 22.0 Å². The molecule has 20 heavy (non-hydrogen) atoms. The van der Waals surface area contributed by atoms with Crippen LogP contribution in [0.25, 0.3) is 10.9 Å². The summed E-state index contributed by atoms with van der Waals surface area (Å²) in [5.74, 6) is -1.33. The molecule has 0 radical (unpaired) electrons. The van der Waals surface area contributed by atoms with Gasteiger partial charge in [0.15, 0.2) is 0 Å². The van der Waals surface area contributed by atoms with E-state index in [0.29, 0.717) is 11.2 Å². The molecule has 5 nitrogen and oxygen atoms in total. The van der Waals surface area contributed by atoms with Crippen molar-refractivity contribution in [2.24, 2.45) is 5.41 Å². The van der Waals surface area contributed by atoms with E-state index in [9.17, 15) is 9.59 Å². The highest BCUT2D eigenvalue weighted by molar-refractivity contribution is 6.01. The molecule has 0 spiro atoms. The third kappa shape index (κ3) is 2.93. The number of carbonyl (C=O) groups excluding carboxylic acids is 1. The normalized spacial score (nSPS) is 11.3. The van der Waals surface area contributed by atoms with E-state index in [4.69, 9.17) is 5.11 Å². The molecule has 1 amide bonds. The smallest absolute Gasteiger partial charge is 0.309 e. The first-order valence-electron chi connectivity index (χ1n) is 6.27. The number of aromatic nitrogens is 1. The predicted octanol–water partition coefficient (Wildman–Crippen LogP) is 2.67. The average molecular weight is 272 g/mol. The van der Waals surface area contributed by atoms with E-state index < -0.39 is 11.4 Å². The summed E-state index contributed by atoms with van der Waals surface area (Å²) in [4.78, 5) is 27.2. The number of aliphatic carboxylic acids is 1. The number of para-hydroxylation sites is 1. The minimum absolute atomic E-state index is 0.0917. The summed E-state index contributed by atoms with van der Waals surface area (Å²) in [5.41, 5.74) is 0.188. The number of hydrogen-bond donors (Lipinski definition) is 2. The van der Waals surface area contributed by atoms with Gasteiger partial charge >= 0.3 is 5.97 Å². The molecule has 0 unspecified atom stereocenters. The third-order valence-electron chi connectivity index (χ3n) is 3.09. The fourth-order valence-corrected chi connectivity index (χ4v) is 1.88. The van der Waals surface area contributed by atoms with Crippen molar-refractivity contribution in [2.45, 2.75) is 20.3 Å². The van der Waals surface area contributed by atoms with Gasteiger partial charge in [-0.05, 0) is 26.0 Å². The lowest BCUT2D eigenvalue weighted by Gasteiger charge is -2.18. The van der Waals surface area contributed by atoms with Crippen LogP contribution in [0.2, 0.25) is 0 Å². The van der Waals surface area contributed by atoms with Crippen molar-refractivity contribution in [3.8, 4) is 0 Å². The van der Waals surface area contributed by atoms with E-state index >= 15 is 0 Å². The summed E-state index contributed by atoms with van der Waals surface area (Å²) in [7, 11) is 0. The van der Waals surface area contributed by atoms with Gasteiger partial charge in [-0.15, -0.1) is 0 Å². The SMILES string of the molecule is CC(C)(CC(=O)Nc1cccc2cccnc12)C(=O)O. The summed E-state index contributed by atoms with van der Waals surface area (Å²) in [6.45, 7) is 3.05. The van der Waals surface area contributed by atoms with Gasteiger partial charge in [0.25, 0.3) is 0 Å². The molecule has 0 saturated heterocycles. The Balaban J connectivity index is 2.21. The third-order valence-corrected chi connectivity index (χ3v) is 3.09. The first-order valence-corrected chi connectivity index (χ1v) is 6.27. The van der Waals surface area contributed by atoms with Gasteiger partial charge in [-0.1, -0.05) is 18.2 Å². The van der Waals surface area contributed by atoms with Crippen molar-refractivity contribution >= 4 is 28.5 Å². The van der Waals surface area contributed by atoms with E-state index in [0.717, 1.165) is 5.39 Å². The van der Waals surface area contributed by atoms with Crippen molar-refractivity contribution in [3.63, 3.8) is 0 Å². The van der Waals surface area contributed by atoms with E-state index in [-0.39, 0.29) is 12.3 Å². The largest absolute Gasteiger partial charge is 0.481 e.